The van der Waals surface area contributed by atoms with Gasteiger partial charge in [-0.25, -0.2) is 0 Å². The predicted molar refractivity (Wildman–Crippen MR) is 50.2 cm³/mol. The second-order valence-electron chi connectivity index (χ2n) is 2.41. The lowest BCUT2D eigenvalue weighted by Crippen LogP contribution is -2.00. The third-order valence-corrected chi connectivity index (χ3v) is 2.18. The average Bonchev–Trinajstić information content (AvgIpc) is 2.12. The highest BCUT2D eigenvalue weighted by atomic mass is 79.9. The highest BCUT2D eigenvalue weighted by Gasteiger charge is 2.01. The van der Waals surface area contributed by atoms with Crippen molar-refractivity contribution >= 4 is 26.9 Å². The summed E-state index contributed by atoms with van der Waals surface area (Å²) in [6.07, 6.45) is 1.41. The summed E-state index contributed by atoms with van der Waals surface area (Å²) < 4.78 is 5.64. The van der Waals surface area contributed by atoms with E-state index in [1.165, 1.54) is 6.26 Å². The second kappa shape index (κ2) is 2.75. The van der Waals surface area contributed by atoms with Crippen LogP contribution in [0, 0.1) is 0 Å². The number of hydrogen-bond acceptors (Lipinski definition) is 2. The van der Waals surface area contributed by atoms with Crippen LogP contribution in [0.2, 0.25) is 0 Å². The topological polar surface area (TPSA) is 30.2 Å². The van der Waals surface area contributed by atoms with Crippen molar-refractivity contribution in [1.29, 1.82) is 0 Å². The lowest BCUT2D eigenvalue weighted by molar-refractivity contribution is 0.598. The maximum Gasteiger partial charge on any atom is 0.206 e. The largest absolute Gasteiger partial charge is 0.463 e. The van der Waals surface area contributed by atoms with Gasteiger partial charge in [0.15, 0.2) is 0 Å². The molecule has 0 aliphatic carbocycles. The van der Waals surface area contributed by atoms with Crippen LogP contribution in [-0.4, -0.2) is 0 Å². The minimum Gasteiger partial charge on any atom is -0.463 e. The molecule has 2 rings (SSSR count). The lowest BCUT2D eigenvalue weighted by Gasteiger charge is -1.94. The van der Waals surface area contributed by atoms with Gasteiger partial charge in [-0.15, -0.1) is 0 Å². The molecule has 0 N–H and O–H groups in total. The Hall–Kier alpha value is -1.09. The Bertz CT molecular complexity index is 473. The SMILES string of the molecule is O=c1c(Br)coc2ccccc12. The molecule has 0 spiro atoms. The van der Waals surface area contributed by atoms with Crippen LogP contribution in [0.15, 0.2) is 44.2 Å². The van der Waals surface area contributed by atoms with Gasteiger partial charge in [-0.1, -0.05) is 12.1 Å². The van der Waals surface area contributed by atoms with E-state index in [2.05, 4.69) is 15.9 Å². The summed E-state index contributed by atoms with van der Waals surface area (Å²) in [5.74, 6) is 0. The van der Waals surface area contributed by atoms with E-state index in [0.29, 0.717) is 15.4 Å². The summed E-state index contributed by atoms with van der Waals surface area (Å²) in [4.78, 5) is 11.4. The van der Waals surface area contributed by atoms with E-state index < -0.39 is 0 Å². The first-order chi connectivity index (χ1) is 5.79. The number of para-hydroxylation sites is 1. The van der Waals surface area contributed by atoms with Crippen molar-refractivity contribution in [3.05, 3.63) is 45.2 Å². The third kappa shape index (κ3) is 1.06. The minimum atomic E-state index is -0.0307. The molecule has 0 atom stereocenters. The molecule has 3 heteroatoms. The van der Waals surface area contributed by atoms with Crippen molar-refractivity contribution in [3.63, 3.8) is 0 Å². The average molecular weight is 225 g/mol. The fraction of sp³-hybridized carbons (Fsp3) is 0. The lowest BCUT2D eigenvalue weighted by atomic mass is 10.2. The van der Waals surface area contributed by atoms with Crippen LogP contribution in [0.5, 0.6) is 0 Å². The predicted octanol–water partition coefficient (Wildman–Crippen LogP) is 2.56. The summed E-state index contributed by atoms with van der Waals surface area (Å²) in [7, 11) is 0. The molecule has 0 amide bonds. The van der Waals surface area contributed by atoms with E-state index in [1.54, 1.807) is 12.1 Å². The molecule has 1 heterocycles. The van der Waals surface area contributed by atoms with Crippen LogP contribution in [0.25, 0.3) is 11.0 Å². The first-order valence-corrected chi connectivity index (χ1v) is 4.24. The van der Waals surface area contributed by atoms with E-state index in [1.807, 2.05) is 12.1 Å². The van der Waals surface area contributed by atoms with Crippen molar-refractivity contribution in [1.82, 2.24) is 0 Å². The molecule has 0 saturated heterocycles. The van der Waals surface area contributed by atoms with E-state index in [0.717, 1.165) is 0 Å². The van der Waals surface area contributed by atoms with E-state index in [4.69, 9.17) is 4.42 Å². The summed E-state index contributed by atoms with van der Waals surface area (Å²) in [6.45, 7) is 0. The number of hydrogen-bond donors (Lipinski definition) is 0. The Labute approximate surface area is 76.9 Å². The number of rotatable bonds is 0. The molecule has 0 bridgehead atoms. The van der Waals surface area contributed by atoms with Gasteiger partial charge in [0.25, 0.3) is 0 Å². The Morgan fingerprint density at radius 2 is 2.00 bits per heavy atom. The van der Waals surface area contributed by atoms with E-state index >= 15 is 0 Å². The normalized spacial score (nSPS) is 10.4. The quantitative estimate of drug-likeness (QED) is 0.689. The van der Waals surface area contributed by atoms with Gasteiger partial charge in [-0.3, -0.25) is 4.79 Å². The standard InChI is InChI=1S/C9H5BrO2/c10-7-5-12-8-4-2-1-3-6(8)9(7)11/h1-5H. The summed E-state index contributed by atoms with van der Waals surface area (Å²) in [5, 5.41) is 0.604. The van der Waals surface area contributed by atoms with Crippen LogP contribution < -0.4 is 5.43 Å². The Morgan fingerprint density at radius 1 is 1.25 bits per heavy atom. The molecule has 0 aliphatic heterocycles. The number of benzene rings is 1. The number of halogens is 1. The van der Waals surface area contributed by atoms with Crippen molar-refractivity contribution in [2.75, 3.05) is 0 Å². The van der Waals surface area contributed by atoms with Gasteiger partial charge in [-0.05, 0) is 28.1 Å². The van der Waals surface area contributed by atoms with Crippen LogP contribution >= 0.6 is 15.9 Å². The smallest absolute Gasteiger partial charge is 0.206 e. The van der Waals surface area contributed by atoms with E-state index in [-0.39, 0.29) is 5.43 Å². The van der Waals surface area contributed by atoms with Gasteiger partial charge in [0.05, 0.1) is 5.39 Å². The Kier molecular flexibility index (Phi) is 1.73. The Balaban J connectivity index is 3.01. The maximum atomic E-state index is 11.4. The first kappa shape index (κ1) is 7.55. The van der Waals surface area contributed by atoms with Crippen LogP contribution in [0.4, 0.5) is 0 Å². The van der Waals surface area contributed by atoms with Crippen molar-refractivity contribution in [2.24, 2.45) is 0 Å². The van der Waals surface area contributed by atoms with Crippen molar-refractivity contribution < 1.29 is 4.42 Å². The fourth-order valence-corrected chi connectivity index (χ4v) is 1.36. The molecular formula is C9H5BrO2. The molecule has 2 aromatic rings. The summed E-state index contributed by atoms with van der Waals surface area (Å²) in [6, 6.07) is 7.15. The number of fused-ring (bicyclic) bond motifs is 1. The molecular weight excluding hydrogens is 220 g/mol. The van der Waals surface area contributed by atoms with E-state index in [9.17, 15) is 4.79 Å². The molecule has 60 valence electrons. The molecule has 1 aromatic carbocycles. The zero-order valence-electron chi connectivity index (χ0n) is 6.08. The van der Waals surface area contributed by atoms with Gasteiger partial charge in [0.2, 0.25) is 5.43 Å². The van der Waals surface area contributed by atoms with Crippen LogP contribution in [0.1, 0.15) is 0 Å². The summed E-state index contributed by atoms with van der Waals surface area (Å²) >= 11 is 3.11. The highest BCUT2D eigenvalue weighted by molar-refractivity contribution is 9.10. The molecule has 1 aromatic heterocycles. The van der Waals surface area contributed by atoms with Gasteiger partial charge in [-0.2, -0.15) is 0 Å². The first-order valence-electron chi connectivity index (χ1n) is 3.45. The van der Waals surface area contributed by atoms with Gasteiger partial charge < -0.3 is 4.42 Å². The van der Waals surface area contributed by atoms with Gasteiger partial charge in [0, 0.05) is 0 Å². The molecule has 0 radical (unpaired) electrons. The van der Waals surface area contributed by atoms with Crippen LogP contribution in [-0.2, 0) is 0 Å². The Morgan fingerprint density at radius 3 is 2.83 bits per heavy atom. The second-order valence-corrected chi connectivity index (χ2v) is 3.26. The minimum absolute atomic E-state index is 0.0307. The monoisotopic (exact) mass is 224 g/mol. The molecule has 12 heavy (non-hydrogen) atoms. The highest BCUT2D eigenvalue weighted by Crippen LogP contribution is 2.12. The van der Waals surface area contributed by atoms with Crippen LogP contribution in [0.3, 0.4) is 0 Å². The summed E-state index contributed by atoms with van der Waals surface area (Å²) in [5.41, 5.74) is 0.586. The third-order valence-electron chi connectivity index (χ3n) is 1.64. The zero-order valence-corrected chi connectivity index (χ0v) is 7.67. The molecule has 0 unspecified atom stereocenters. The van der Waals surface area contributed by atoms with Gasteiger partial charge >= 0.3 is 0 Å². The maximum absolute atomic E-state index is 11.4. The van der Waals surface area contributed by atoms with Crippen molar-refractivity contribution in [3.8, 4) is 0 Å². The van der Waals surface area contributed by atoms with Gasteiger partial charge in [0.1, 0.15) is 16.3 Å². The zero-order chi connectivity index (χ0) is 8.55. The molecule has 0 saturated carbocycles. The molecule has 0 aliphatic rings. The molecule has 0 fully saturated rings. The van der Waals surface area contributed by atoms with Crippen molar-refractivity contribution in [2.45, 2.75) is 0 Å². The molecule has 2 nitrogen and oxygen atoms in total. The fourth-order valence-electron chi connectivity index (χ4n) is 1.05.